The second kappa shape index (κ2) is 14.1. The summed E-state index contributed by atoms with van der Waals surface area (Å²) in [6.45, 7) is -0.0470. The van der Waals surface area contributed by atoms with E-state index in [2.05, 4.69) is 33.4 Å². The Morgan fingerprint density at radius 3 is 2.40 bits per heavy atom. The number of aromatic nitrogens is 4. The summed E-state index contributed by atoms with van der Waals surface area (Å²) in [6.07, 6.45) is -8.91. The zero-order chi connectivity index (χ0) is 31.5. The summed E-state index contributed by atoms with van der Waals surface area (Å²) in [6, 6.07) is 0. The summed E-state index contributed by atoms with van der Waals surface area (Å²) in [5.74, 6) is 0.482. The predicted octanol–water partition coefficient (Wildman–Crippen LogP) is 2.33. The van der Waals surface area contributed by atoms with Crippen molar-refractivity contribution in [1.29, 1.82) is 0 Å². The number of fused-ring (bicyclic) bond motifs is 1. The molecule has 0 spiro atoms. The van der Waals surface area contributed by atoms with Crippen LogP contribution in [0, 0.1) is 0 Å². The topological polar surface area (TPSA) is 245 Å². The van der Waals surface area contributed by atoms with Crippen molar-refractivity contribution < 1.29 is 69.6 Å². The fraction of sp³-hybridized carbons (Fsp3) is 0.706. The Labute approximate surface area is 244 Å². The molecule has 3 heterocycles. The number of hydrogen-bond acceptors (Lipinski definition) is 15. The molecule has 1 aliphatic rings. The fourth-order valence-electron chi connectivity index (χ4n) is 3.42. The van der Waals surface area contributed by atoms with E-state index in [9.17, 15) is 46.9 Å². The zero-order valence-electron chi connectivity index (χ0n) is 21.6. The van der Waals surface area contributed by atoms with E-state index in [4.69, 9.17) is 9.63 Å². The molecule has 1 aliphatic heterocycles. The maximum Gasteiger partial charge on any atom is 0.488 e. The lowest BCUT2D eigenvalue weighted by molar-refractivity contribution is -0.129. The molecule has 3 rings (SSSR count). The average molecular weight is 707 g/mol. The zero-order valence-corrected chi connectivity index (χ0v) is 25.9. The lowest BCUT2D eigenvalue weighted by Gasteiger charge is -2.19. The molecule has 17 nitrogen and oxygen atoms in total. The quantitative estimate of drug-likeness (QED) is 0.0673. The minimum atomic E-state index is -5.54. The maximum absolute atomic E-state index is 12.7. The van der Waals surface area contributed by atoms with Crippen molar-refractivity contribution in [3.8, 4) is 0 Å². The van der Waals surface area contributed by atoms with Gasteiger partial charge in [0.15, 0.2) is 28.4 Å². The number of halogens is 3. The summed E-state index contributed by atoms with van der Waals surface area (Å²) in [4.78, 5) is 40.9. The van der Waals surface area contributed by atoms with Crippen LogP contribution in [0.5, 0.6) is 0 Å². The molecule has 0 radical (unpaired) electrons. The number of hydrogen-bond donors (Lipinski definition) is 6. The Kier molecular flexibility index (Phi) is 11.9. The minimum Gasteiger partial charge on any atom is -0.387 e. The number of ether oxygens (including phenoxy) is 1. The first-order valence-electron chi connectivity index (χ1n) is 11.5. The van der Waals surface area contributed by atoms with Gasteiger partial charge in [-0.15, -0.1) is 0 Å². The van der Waals surface area contributed by atoms with E-state index in [-0.39, 0.29) is 27.9 Å². The molecule has 6 N–H and O–H groups in total. The molecule has 0 bridgehead atoms. The van der Waals surface area contributed by atoms with Crippen LogP contribution >= 0.6 is 46.8 Å². The standard InChI is InChI=1S/C17H27F3N5O12P3S2/c1-38(28,29)36-40(32,33)37-39(30,31)34-7-9-11(26)12(27)15(35-9)25-8-22-10-13(21-4-6-41-2)23-16(24-14(10)25)42-5-3-17(18,19)20/h8-9,11-12,15,26-27H,3-7H2,1-2H3,(H,28,29)(H,30,31)(H,32,33)(H,21,23,24)/t9-,11-,12-,15-/m1/s1. The van der Waals surface area contributed by atoms with Crippen LogP contribution in [0.15, 0.2) is 11.5 Å². The number of anilines is 1. The highest BCUT2D eigenvalue weighted by molar-refractivity contribution is 7.99. The van der Waals surface area contributed by atoms with Gasteiger partial charge in [-0.2, -0.15) is 29.2 Å². The van der Waals surface area contributed by atoms with Crippen molar-refractivity contribution in [2.75, 3.05) is 42.9 Å². The van der Waals surface area contributed by atoms with E-state index in [1.54, 1.807) is 0 Å². The van der Waals surface area contributed by atoms with Gasteiger partial charge in [0.05, 0.1) is 19.4 Å². The molecule has 42 heavy (non-hydrogen) atoms. The molecule has 1 fully saturated rings. The smallest absolute Gasteiger partial charge is 0.387 e. The number of imidazole rings is 1. The molecule has 25 heteroatoms. The summed E-state index contributed by atoms with van der Waals surface area (Å²) in [5, 5.41) is 24.1. The van der Waals surface area contributed by atoms with E-state index in [1.807, 2.05) is 6.26 Å². The number of rotatable bonds is 15. The number of phosphoric acid groups is 2. The molecule has 0 aromatic carbocycles. The Morgan fingerprint density at radius 1 is 1.10 bits per heavy atom. The van der Waals surface area contributed by atoms with Gasteiger partial charge in [0.2, 0.25) is 0 Å². The number of nitrogens with one attached hydrogen (secondary N) is 1. The lowest BCUT2D eigenvalue weighted by Crippen LogP contribution is -2.33. The monoisotopic (exact) mass is 707 g/mol. The van der Waals surface area contributed by atoms with E-state index < -0.39 is 67.0 Å². The molecule has 7 atom stereocenters. The van der Waals surface area contributed by atoms with Gasteiger partial charge in [-0.1, -0.05) is 11.8 Å². The van der Waals surface area contributed by atoms with Gasteiger partial charge in [0.1, 0.15) is 18.3 Å². The largest absolute Gasteiger partial charge is 0.488 e. The third-order valence-corrected chi connectivity index (χ3v) is 10.7. The highest BCUT2D eigenvalue weighted by atomic mass is 32.2. The van der Waals surface area contributed by atoms with E-state index >= 15 is 0 Å². The second-order valence-electron chi connectivity index (χ2n) is 8.56. The molecule has 2 aromatic heterocycles. The number of alkyl halides is 3. The van der Waals surface area contributed by atoms with Crippen LogP contribution in [0.1, 0.15) is 12.6 Å². The molecule has 2 aromatic rings. The predicted molar refractivity (Wildman–Crippen MR) is 143 cm³/mol. The van der Waals surface area contributed by atoms with Gasteiger partial charge in [-0.3, -0.25) is 13.7 Å². The highest BCUT2D eigenvalue weighted by Gasteiger charge is 2.47. The second-order valence-corrected chi connectivity index (χ2v) is 15.6. The molecular formula is C17H27F3N5O12P3S2. The van der Waals surface area contributed by atoms with E-state index in [0.29, 0.717) is 19.0 Å². The number of nitrogens with zero attached hydrogens (tertiary/aromatic N) is 4. The number of aliphatic hydroxyl groups excluding tert-OH is 2. The highest BCUT2D eigenvalue weighted by Crippen LogP contribution is 2.66. The van der Waals surface area contributed by atoms with Crippen molar-refractivity contribution in [2.24, 2.45) is 0 Å². The van der Waals surface area contributed by atoms with Crippen molar-refractivity contribution >= 4 is 63.7 Å². The van der Waals surface area contributed by atoms with Gasteiger partial charge in [0, 0.05) is 24.7 Å². The van der Waals surface area contributed by atoms with Gasteiger partial charge < -0.3 is 34.9 Å². The Bertz CT molecular complexity index is 1380. The third-order valence-electron chi connectivity index (χ3n) is 5.09. The fourth-order valence-corrected chi connectivity index (χ4v) is 8.04. The molecule has 240 valence electrons. The van der Waals surface area contributed by atoms with E-state index in [0.717, 1.165) is 11.8 Å². The molecule has 0 saturated carbocycles. The lowest BCUT2D eigenvalue weighted by atomic mass is 10.1. The Morgan fingerprint density at radius 2 is 1.79 bits per heavy atom. The first kappa shape index (κ1) is 35.6. The van der Waals surface area contributed by atoms with Crippen LogP contribution in [0.25, 0.3) is 11.2 Å². The molecule has 0 amide bonds. The minimum absolute atomic E-state index is 0.0199. The average Bonchev–Trinajstić information content (AvgIpc) is 3.35. The van der Waals surface area contributed by atoms with Crippen LogP contribution in [0.4, 0.5) is 19.0 Å². The Balaban J connectivity index is 1.80. The number of aliphatic hydroxyl groups is 2. The summed E-state index contributed by atoms with van der Waals surface area (Å²) >= 11 is 2.25. The number of phosphoric ester groups is 1. The number of thioether (sulfide) groups is 2. The Hall–Kier alpha value is -0.830. The van der Waals surface area contributed by atoms with Crippen LogP contribution in [-0.2, 0) is 31.6 Å². The van der Waals surface area contributed by atoms with Gasteiger partial charge >= 0.3 is 29.4 Å². The van der Waals surface area contributed by atoms with Gasteiger partial charge in [-0.25, -0.2) is 28.4 Å². The van der Waals surface area contributed by atoms with Gasteiger partial charge in [0.25, 0.3) is 0 Å². The normalized spacial score (nSPS) is 25.7. The summed E-state index contributed by atoms with van der Waals surface area (Å²) in [5.41, 5.74) is 0.192. The molecule has 0 aliphatic carbocycles. The van der Waals surface area contributed by atoms with Crippen molar-refractivity contribution in [3.63, 3.8) is 0 Å². The van der Waals surface area contributed by atoms with Crippen LogP contribution < -0.4 is 5.32 Å². The first-order valence-corrected chi connectivity index (χ1v) is 18.9. The summed E-state index contributed by atoms with van der Waals surface area (Å²) < 4.78 is 92.0. The van der Waals surface area contributed by atoms with Gasteiger partial charge in [-0.05, 0) is 6.26 Å². The molecule has 1 saturated heterocycles. The van der Waals surface area contributed by atoms with Crippen LogP contribution in [0.2, 0.25) is 0 Å². The summed E-state index contributed by atoms with van der Waals surface area (Å²) in [7, 11) is -15.6. The SMILES string of the molecule is CSCCNc1nc(SCCC(F)(F)F)nc2c1ncn2[C@@H]1O[C@H](COP(=O)(O)OP(=O)(O)OP(C)(=O)O)[C@@H](O)[C@H]1O. The van der Waals surface area contributed by atoms with E-state index in [1.165, 1.54) is 22.7 Å². The molecule has 3 unspecified atom stereocenters. The maximum atomic E-state index is 12.7. The molecular weight excluding hydrogens is 680 g/mol. The van der Waals surface area contributed by atoms with Crippen LogP contribution in [-0.4, -0.2) is 106 Å². The first-order chi connectivity index (χ1) is 19.3. The van der Waals surface area contributed by atoms with Crippen molar-refractivity contribution in [3.05, 3.63) is 6.33 Å². The van der Waals surface area contributed by atoms with Crippen molar-refractivity contribution in [1.82, 2.24) is 19.5 Å². The third kappa shape index (κ3) is 10.4. The van der Waals surface area contributed by atoms with Crippen molar-refractivity contribution in [2.45, 2.75) is 42.3 Å². The van der Waals surface area contributed by atoms with Crippen LogP contribution in [0.3, 0.4) is 0 Å².